The van der Waals surface area contributed by atoms with Crippen LogP contribution in [0.1, 0.15) is 23.4 Å². The van der Waals surface area contributed by atoms with Gasteiger partial charge in [-0.15, -0.1) is 12.4 Å². The highest BCUT2D eigenvalue weighted by atomic mass is 35.5. The second-order valence-electron chi connectivity index (χ2n) is 8.02. The van der Waals surface area contributed by atoms with Crippen molar-refractivity contribution < 1.29 is 0 Å². The predicted octanol–water partition coefficient (Wildman–Crippen LogP) is 5.01. The third kappa shape index (κ3) is 4.84. The lowest BCUT2D eigenvalue weighted by Crippen LogP contribution is -2.21. The maximum Gasteiger partial charge on any atom is 0.0711 e. The molecule has 0 unspecified atom stereocenters. The number of benzene rings is 2. The molecule has 4 aromatic rings. The number of pyridine rings is 1. The number of nitrogens with one attached hydrogen (secondary N) is 1. The van der Waals surface area contributed by atoms with Crippen LogP contribution in [-0.4, -0.2) is 41.6 Å². The minimum atomic E-state index is 0. The van der Waals surface area contributed by atoms with Crippen LogP contribution in [0.25, 0.3) is 21.8 Å². The Bertz CT molecular complexity index is 1100. The molecule has 5 heteroatoms. The molecule has 0 radical (unpaired) electrons. The van der Waals surface area contributed by atoms with E-state index in [-0.39, 0.29) is 12.4 Å². The average Bonchev–Trinajstić information content (AvgIpc) is 3.03. The molecule has 2 aromatic carbocycles. The number of rotatable bonds is 8. The van der Waals surface area contributed by atoms with E-state index in [0.717, 1.165) is 44.0 Å². The number of para-hydroxylation sites is 1. The molecule has 0 atom stereocenters. The molecule has 0 amide bonds. The number of hydrogen-bond donors (Lipinski definition) is 1. The molecule has 4 rings (SSSR count). The Balaban J connectivity index is 0.00000256. The van der Waals surface area contributed by atoms with E-state index in [1.54, 1.807) is 0 Å². The van der Waals surface area contributed by atoms with E-state index < -0.39 is 0 Å². The number of aryl methyl sites for hydroxylation is 1. The molecule has 4 nitrogen and oxygen atoms in total. The number of nitrogens with zero attached hydrogens (tertiary/aromatic N) is 3. The summed E-state index contributed by atoms with van der Waals surface area (Å²) in [5, 5.41) is 6.15. The normalized spacial score (nSPS) is 11.3. The standard InChI is InChI=1S/C25H30N4.ClH/c1-19-25-23(16-21(27-19)17-26-14-9-15-28(2)3)22-12-7-8-13-24(22)29(25)18-20-10-5-4-6-11-20;/h4-8,10-13,16,26H,9,14-15,17-18H2,1-3H3;1H. The Labute approximate surface area is 185 Å². The number of fused-ring (bicyclic) bond motifs is 3. The van der Waals surface area contributed by atoms with Crippen LogP contribution in [0.2, 0.25) is 0 Å². The first-order chi connectivity index (χ1) is 14.1. The third-order valence-electron chi connectivity index (χ3n) is 5.42. The molecule has 2 heterocycles. The Hall–Kier alpha value is -2.40. The van der Waals surface area contributed by atoms with Gasteiger partial charge in [0.05, 0.1) is 16.9 Å². The van der Waals surface area contributed by atoms with Gasteiger partial charge in [-0.1, -0.05) is 48.5 Å². The summed E-state index contributed by atoms with van der Waals surface area (Å²) in [5.74, 6) is 0. The quantitative estimate of drug-likeness (QED) is 0.405. The van der Waals surface area contributed by atoms with Gasteiger partial charge in [-0.3, -0.25) is 4.98 Å². The molecular weight excluding hydrogens is 392 g/mol. The van der Waals surface area contributed by atoms with Crippen molar-refractivity contribution in [2.24, 2.45) is 0 Å². The van der Waals surface area contributed by atoms with Crippen molar-refractivity contribution in [3.05, 3.63) is 77.6 Å². The molecule has 30 heavy (non-hydrogen) atoms. The van der Waals surface area contributed by atoms with Crippen LogP contribution >= 0.6 is 12.4 Å². The summed E-state index contributed by atoms with van der Waals surface area (Å²) >= 11 is 0. The zero-order chi connectivity index (χ0) is 20.2. The molecular formula is C25H31ClN4. The van der Waals surface area contributed by atoms with Gasteiger partial charge in [0.25, 0.3) is 0 Å². The lowest BCUT2D eigenvalue weighted by Gasteiger charge is -2.11. The summed E-state index contributed by atoms with van der Waals surface area (Å²) in [7, 11) is 4.23. The summed E-state index contributed by atoms with van der Waals surface area (Å²) in [6.07, 6.45) is 1.14. The SMILES string of the molecule is Cc1nc(CNCCCN(C)C)cc2c3ccccc3n(Cc3ccccc3)c12.Cl. The van der Waals surface area contributed by atoms with Gasteiger partial charge in [0.2, 0.25) is 0 Å². The van der Waals surface area contributed by atoms with Crippen LogP contribution < -0.4 is 5.32 Å². The number of hydrogen-bond acceptors (Lipinski definition) is 3. The van der Waals surface area contributed by atoms with Gasteiger partial charge >= 0.3 is 0 Å². The molecule has 0 saturated heterocycles. The fraction of sp³-hybridized carbons (Fsp3) is 0.320. The molecule has 0 bridgehead atoms. The lowest BCUT2D eigenvalue weighted by molar-refractivity contribution is 0.394. The first kappa shape index (κ1) is 22.3. The van der Waals surface area contributed by atoms with Crippen molar-refractivity contribution in [2.45, 2.75) is 26.4 Å². The summed E-state index contributed by atoms with van der Waals surface area (Å²) in [5.41, 5.74) is 6.03. The molecule has 0 aliphatic heterocycles. The summed E-state index contributed by atoms with van der Waals surface area (Å²) in [6, 6.07) is 21.6. The average molecular weight is 423 g/mol. The summed E-state index contributed by atoms with van der Waals surface area (Å²) < 4.78 is 2.41. The Kier molecular flexibility index (Phi) is 7.48. The lowest BCUT2D eigenvalue weighted by atomic mass is 10.1. The summed E-state index contributed by atoms with van der Waals surface area (Å²) in [4.78, 5) is 7.16. The van der Waals surface area contributed by atoms with Crippen molar-refractivity contribution in [2.75, 3.05) is 27.2 Å². The van der Waals surface area contributed by atoms with Crippen molar-refractivity contribution in [1.29, 1.82) is 0 Å². The Morgan fingerprint density at radius 1 is 0.967 bits per heavy atom. The zero-order valence-electron chi connectivity index (χ0n) is 18.1. The first-order valence-electron chi connectivity index (χ1n) is 10.4. The molecule has 2 aromatic heterocycles. The Morgan fingerprint density at radius 2 is 1.70 bits per heavy atom. The van der Waals surface area contributed by atoms with Crippen molar-refractivity contribution in [1.82, 2.24) is 19.8 Å². The van der Waals surface area contributed by atoms with Crippen molar-refractivity contribution >= 4 is 34.2 Å². The molecule has 0 fully saturated rings. The molecule has 158 valence electrons. The highest BCUT2D eigenvalue weighted by Crippen LogP contribution is 2.31. The highest BCUT2D eigenvalue weighted by molar-refractivity contribution is 6.08. The van der Waals surface area contributed by atoms with Gasteiger partial charge < -0.3 is 14.8 Å². The van der Waals surface area contributed by atoms with Gasteiger partial charge in [-0.25, -0.2) is 0 Å². The van der Waals surface area contributed by atoms with Gasteiger partial charge in [0.15, 0.2) is 0 Å². The topological polar surface area (TPSA) is 33.1 Å². The second kappa shape index (κ2) is 10.1. The van der Waals surface area contributed by atoms with E-state index >= 15 is 0 Å². The van der Waals surface area contributed by atoms with E-state index in [0.29, 0.717) is 0 Å². The van der Waals surface area contributed by atoms with E-state index in [1.807, 2.05) is 0 Å². The van der Waals surface area contributed by atoms with Crippen LogP contribution in [0.4, 0.5) is 0 Å². The van der Waals surface area contributed by atoms with Crippen LogP contribution in [0.5, 0.6) is 0 Å². The minimum absolute atomic E-state index is 0. The predicted molar refractivity (Wildman–Crippen MR) is 130 cm³/mol. The van der Waals surface area contributed by atoms with E-state index in [1.165, 1.54) is 27.4 Å². The van der Waals surface area contributed by atoms with Gasteiger partial charge in [0.1, 0.15) is 0 Å². The van der Waals surface area contributed by atoms with Crippen molar-refractivity contribution in [3.8, 4) is 0 Å². The van der Waals surface area contributed by atoms with Crippen LogP contribution in [0, 0.1) is 6.92 Å². The fourth-order valence-electron chi connectivity index (χ4n) is 4.09. The van der Waals surface area contributed by atoms with E-state index in [4.69, 9.17) is 4.98 Å². The van der Waals surface area contributed by atoms with Crippen molar-refractivity contribution in [3.63, 3.8) is 0 Å². The maximum atomic E-state index is 4.94. The minimum Gasteiger partial charge on any atom is -0.334 e. The molecule has 0 aliphatic carbocycles. The number of halogens is 1. The second-order valence-corrected chi connectivity index (χ2v) is 8.02. The largest absolute Gasteiger partial charge is 0.334 e. The fourth-order valence-corrected chi connectivity index (χ4v) is 4.09. The van der Waals surface area contributed by atoms with E-state index in [9.17, 15) is 0 Å². The first-order valence-corrected chi connectivity index (χ1v) is 10.4. The number of aromatic nitrogens is 2. The molecule has 0 aliphatic rings. The maximum absolute atomic E-state index is 4.94. The zero-order valence-corrected chi connectivity index (χ0v) is 18.9. The van der Waals surface area contributed by atoms with Crippen LogP contribution in [0.3, 0.4) is 0 Å². The molecule has 0 spiro atoms. The van der Waals surface area contributed by atoms with Crippen LogP contribution in [0.15, 0.2) is 60.7 Å². The van der Waals surface area contributed by atoms with Crippen LogP contribution in [-0.2, 0) is 13.1 Å². The summed E-state index contributed by atoms with van der Waals surface area (Å²) in [6.45, 7) is 5.91. The highest BCUT2D eigenvalue weighted by Gasteiger charge is 2.14. The van der Waals surface area contributed by atoms with Gasteiger partial charge in [0, 0.05) is 29.4 Å². The monoisotopic (exact) mass is 422 g/mol. The third-order valence-corrected chi connectivity index (χ3v) is 5.42. The molecule has 0 saturated carbocycles. The smallest absolute Gasteiger partial charge is 0.0711 e. The van der Waals surface area contributed by atoms with Gasteiger partial charge in [-0.2, -0.15) is 0 Å². The van der Waals surface area contributed by atoms with Gasteiger partial charge in [-0.05, 0) is 58.2 Å². The van der Waals surface area contributed by atoms with E-state index in [2.05, 4.69) is 96.5 Å². The molecule has 1 N–H and O–H groups in total. The Morgan fingerprint density at radius 3 is 2.47 bits per heavy atom.